The number of halogens is 2. The van der Waals surface area contributed by atoms with Gasteiger partial charge in [-0.15, -0.1) is 0 Å². The molecule has 2 bridgehead atoms. The molecule has 4 nitrogen and oxygen atoms in total. The quantitative estimate of drug-likeness (QED) is 0.710. The minimum atomic E-state index is -0.697. The van der Waals surface area contributed by atoms with Gasteiger partial charge in [-0.2, -0.15) is 0 Å². The Morgan fingerprint density at radius 1 is 1.00 bits per heavy atom. The fourth-order valence-electron chi connectivity index (χ4n) is 5.05. The minimum absolute atomic E-state index is 0.0381. The average molecular weight is 406 g/mol. The van der Waals surface area contributed by atoms with Gasteiger partial charge in [-0.25, -0.2) is 9.97 Å². The molecule has 1 aromatic carbocycles. The van der Waals surface area contributed by atoms with Crippen LogP contribution in [0.25, 0.3) is 11.0 Å². The van der Waals surface area contributed by atoms with Gasteiger partial charge in [0.25, 0.3) is 0 Å². The molecule has 1 fully saturated rings. The normalized spacial score (nSPS) is 28.4. The van der Waals surface area contributed by atoms with Crippen molar-refractivity contribution in [2.45, 2.75) is 70.8 Å². The van der Waals surface area contributed by atoms with Gasteiger partial charge in [-0.1, -0.05) is 44.0 Å². The van der Waals surface area contributed by atoms with Gasteiger partial charge in [0.15, 0.2) is 0 Å². The molecule has 2 aliphatic carbocycles. The van der Waals surface area contributed by atoms with E-state index in [0.29, 0.717) is 15.6 Å². The SMILES string of the molecule is CC(C)(C)NC(=O)C12CCC(C)(c3nc4cc(Cl)c(Cl)cc4nc31)C2(C)C. The molecule has 4 rings (SSSR count). The second-order valence-electron chi connectivity index (χ2n) is 9.74. The Morgan fingerprint density at radius 3 is 2.04 bits per heavy atom. The van der Waals surface area contributed by atoms with Crippen LogP contribution >= 0.6 is 23.2 Å². The molecular weight excluding hydrogens is 381 g/mol. The van der Waals surface area contributed by atoms with Crippen molar-refractivity contribution in [1.29, 1.82) is 0 Å². The van der Waals surface area contributed by atoms with Crippen LogP contribution in [-0.4, -0.2) is 21.4 Å². The Labute approximate surface area is 170 Å². The summed E-state index contributed by atoms with van der Waals surface area (Å²) in [6.07, 6.45) is 1.68. The van der Waals surface area contributed by atoms with Gasteiger partial charge in [0.05, 0.1) is 37.9 Å². The van der Waals surface area contributed by atoms with E-state index in [4.69, 9.17) is 33.2 Å². The molecule has 2 atom stereocenters. The first-order chi connectivity index (χ1) is 12.3. The van der Waals surface area contributed by atoms with Gasteiger partial charge in [0.2, 0.25) is 5.91 Å². The summed E-state index contributed by atoms with van der Waals surface area (Å²) in [6.45, 7) is 12.6. The first kappa shape index (κ1) is 18.9. The van der Waals surface area contributed by atoms with Gasteiger partial charge in [0, 0.05) is 11.0 Å². The van der Waals surface area contributed by atoms with E-state index in [1.165, 1.54) is 0 Å². The summed E-state index contributed by atoms with van der Waals surface area (Å²) in [5, 5.41) is 4.12. The highest BCUT2D eigenvalue weighted by atomic mass is 35.5. The summed E-state index contributed by atoms with van der Waals surface area (Å²) in [6, 6.07) is 3.50. The fraction of sp³-hybridized carbons (Fsp3) is 0.571. The van der Waals surface area contributed by atoms with E-state index in [1.807, 2.05) is 20.8 Å². The Kier molecular flexibility index (Phi) is 3.76. The highest BCUT2D eigenvalue weighted by Crippen LogP contribution is 2.70. The van der Waals surface area contributed by atoms with Crippen LogP contribution in [0.1, 0.15) is 65.8 Å². The smallest absolute Gasteiger partial charge is 0.233 e. The van der Waals surface area contributed by atoms with E-state index in [9.17, 15) is 4.79 Å². The monoisotopic (exact) mass is 405 g/mol. The van der Waals surface area contributed by atoms with Crippen molar-refractivity contribution in [3.8, 4) is 0 Å². The van der Waals surface area contributed by atoms with Crippen molar-refractivity contribution < 1.29 is 4.79 Å². The molecule has 144 valence electrons. The van der Waals surface area contributed by atoms with E-state index in [1.54, 1.807) is 12.1 Å². The zero-order chi connectivity index (χ0) is 20.0. The maximum Gasteiger partial charge on any atom is 0.233 e. The number of carbonyl (C=O) groups is 1. The first-order valence-corrected chi connectivity index (χ1v) is 10.1. The predicted octanol–water partition coefficient (Wildman–Crippen LogP) is 5.18. The van der Waals surface area contributed by atoms with Crippen LogP contribution in [0.15, 0.2) is 12.1 Å². The largest absolute Gasteiger partial charge is 0.351 e. The number of nitrogens with one attached hydrogen (secondary N) is 1. The van der Waals surface area contributed by atoms with Gasteiger partial charge in [-0.05, 0) is 51.2 Å². The molecule has 27 heavy (non-hydrogen) atoms. The third kappa shape index (κ3) is 2.26. The van der Waals surface area contributed by atoms with Crippen LogP contribution in [0.5, 0.6) is 0 Å². The predicted molar refractivity (Wildman–Crippen MR) is 109 cm³/mol. The first-order valence-electron chi connectivity index (χ1n) is 9.34. The number of benzene rings is 1. The molecule has 1 amide bonds. The van der Waals surface area contributed by atoms with Crippen LogP contribution < -0.4 is 5.32 Å². The topological polar surface area (TPSA) is 54.9 Å². The summed E-state index contributed by atoms with van der Waals surface area (Å²) in [4.78, 5) is 23.5. The number of hydrogen-bond donors (Lipinski definition) is 1. The van der Waals surface area contributed by atoms with Crippen molar-refractivity contribution in [2.24, 2.45) is 5.41 Å². The highest BCUT2D eigenvalue weighted by Gasteiger charge is 2.73. The van der Waals surface area contributed by atoms with Gasteiger partial charge in [-0.3, -0.25) is 4.79 Å². The summed E-state index contributed by atoms with van der Waals surface area (Å²) in [5.41, 5.74) is 1.59. The third-order valence-electron chi connectivity index (χ3n) is 6.96. The molecule has 2 unspecified atom stereocenters. The van der Waals surface area contributed by atoms with E-state index in [0.717, 1.165) is 29.7 Å². The van der Waals surface area contributed by atoms with Gasteiger partial charge >= 0.3 is 0 Å². The van der Waals surface area contributed by atoms with Crippen molar-refractivity contribution >= 4 is 40.1 Å². The van der Waals surface area contributed by atoms with Gasteiger partial charge in [0.1, 0.15) is 0 Å². The molecule has 0 spiro atoms. The molecule has 0 aliphatic heterocycles. The Bertz CT molecular complexity index is 995. The lowest BCUT2D eigenvalue weighted by Gasteiger charge is -2.40. The van der Waals surface area contributed by atoms with Crippen LogP contribution in [-0.2, 0) is 15.6 Å². The van der Waals surface area contributed by atoms with Crippen LogP contribution in [0.4, 0.5) is 0 Å². The van der Waals surface area contributed by atoms with Crippen molar-refractivity contribution in [3.05, 3.63) is 33.6 Å². The molecule has 2 aromatic rings. The van der Waals surface area contributed by atoms with E-state index < -0.39 is 5.41 Å². The second kappa shape index (κ2) is 5.36. The number of aromatic nitrogens is 2. The van der Waals surface area contributed by atoms with E-state index >= 15 is 0 Å². The molecule has 2 aliphatic rings. The zero-order valence-corrected chi connectivity index (χ0v) is 18.1. The lowest BCUT2D eigenvalue weighted by Crippen LogP contribution is -2.55. The van der Waals surface area contributed by atoms with Crippen molar-refractivity contribution in [1.82, 2.24) is 15.3 Å². The third-order valence-corrected chi connectivity index (χ3v) is 7.68. The molecule has 1 aromatic heterocycles. The summed E-state index contributed by atoms with van der Waals surface area (Å²) in [5.74, 6) is 0.0381. The Balaban J connectivity index is 2.01. The van der Waals surface area contributed by atoms with E-state index in [2.05, 4.69) is 26.1 Å². The number of nitrogens with zero attached hydrogens (tertiary/aromatic N) is 2. The highest BCUT2D eigenvalue weighted by molar-refractivity contribution is 6.42. The zero-order valence-electron chi connectivity index (χ0n) is 16.6. The fourth-order valence-corrected chi connectivity index (χ4v) is 5.36. The number of fused-ring (bicyclic) bond motifs is 6. The molecular formula is C21H25Cl2N3O. The molecule has 6 heteroatoms. The Morgan fingerprint density at radius 2 is 1.52 bits per heavy atom. The maximum atomic E-state index is 13.6. The second-order valence-corrected chi connectivity index (χ2v) is 10.6. The van der Waals surface area contributed by atoms with E-state index in [-0.39, 0.29) is 22.3 Å². The summed E-state index contributed by atoms with van der Waals surface area (Å²) < 4.78 is 0. The van der Waals surface area contributed by atoms with Crippen LogP contribution in [0, 0.1) is 5.41 Å². The molecule has 0 saturated heterocycles. The lowest BCUT2D eigenvalue weighted by atomic mass is 9.63. The molecule has 0 radical (unpaired) electrons. The minimum Gasteiger partial charge on any atom is -0.351 e. The average Bonchev–Trinajstić information content (AvgIpc) is 2.82. The number of rotatable bonds is 1. The molecule has 1 heterocycles. The molecule has 1 N–H and O–H groups in total. The number of hydrogen-bond acceptors (Lipinski definition) is 3. The standard InChI is InChI=1S/C21H25Cl2N3O/c1-18(2,3)26-17(27)21-8-7-20(6,19(21,4)5)15-16(21)25-14-10-12(23)11(22)9-13(14)24-15/h9-10H,7-8H2,1-6H3,(H,26,27). The molecule has 1 saturated carbocycles. The lowest BCUT2D eigenvalue weighted by molar-refractivity contribution is -0.132. The number of amides is 1. The maximum absolute atomic E-state index is 13.6. The summed E-state index contributed by atoms with van der Waals surface area (Å²) in [7, 11) is 0. The Hall–Kier alpha value is -1.39. The number of carbonyl (C=O) groups excluding carboxylic acids is 1. The van der Waals surface area contributed by atoms with Crippen LogP contribution in [0.2, 0.25) is 10.0 Å². The van der Waals surface area contributed by atoms with Crippen LogP contribution in [0.3, 0.4) is 0 Å². The van der Waals surface area contributed by atoms with Crippen molar-refractivity contribution in [3.63, 3.8) is 0 Å². The van der Waals surface area contributed by atoms with Crippen molar-refractivity contribution in [2.75, 3.05) is 0 Å². The van der Waals surface area contributed by atoms with Gasteiger partial charge < -0.3 is 5.32 Å². The summed E-state index contributed by atoms with van der Waals surface area (Å²) >= 11 is 12.4.